The second-order valence-electron chi connectivity index (χ2n) is 3.93. The van der Waals surface area contributed by atoms with Gasteiger partial charge in [0.2, 0.25) is 5.91 Å². The summed E-state index contributed by atoms with van der Waals surface area (Å²) in [4.78, 5) is 22.7. The highest BCUT2D eigenvalue weighted by Crippen LogP contribution is 2.23. The first-order valence-corrected chi connectivity index (χ1v) is 5.12. The SMILES string of the molecule is C=C(C)C(=O)NC(=O)C1CCCCC1. The minimum Gasteiger partial charge on any atom is -0.292 e. The molecule has 14 heavy (non-hydrogen) atoms. The van der Waals surface area contributed by atoms with Crippen LogP contribution in [0.2, 0.25) is 0 Å². The van der Waals surface area contributed by atoms with Gasteiger partial charge in [0, 0.05) is 11.5 Å². The summed E-state index contributed by atoms with van der Waals surface area (Å²) in [5, 5.41) is 2.37. The van der Waals surface area contributed by atoms with E-state index < -0.39 is 0 Å². The van der Waals surface area contributed by atoms with E-state index in [1.54, 1.807) is 6.92 Å². The Hall–Kier alpha value is -1.12. The fourth-order valence-electron chi connectivity index (χ4n) is 1.69. The minimum atomic E-state index is -0.347. The van der Waals surface area contributed by atoms with Crippen LogP contribution in [0.5, 0.6) is 0 Å². The van der Waals surface area contributed by atoms with E-state index in [4.69, 9.17) is 0 Å². The van der Waals surface area contributed by atoms with Crippen LogP contribution >= 0.6 is 0 Å². The molecule has 2 amide bonds. The Labute approximate surface area is 84.6 Å². The monoisotopic (exact) mass is 195 g/mol. The van der Waals surface area contributed by atoms with Gasteiger partial charge in [0.15, 0.2) is 0 Å². The third-order valence-electron chi connectivity index (χ3n) is 2.60. The highest BCUT2D eigenvalue weighted by molar-refractivity contribution is 6.04. The van der Waals surface area contributed by atoms with Crippen molar-refractivity contribution in [3.05, 3.63) is 12.2 Å². The van der Waals surface area contributed by atoms with Crippen LogP contribution in [0.15, 0.2) is 12.2 Å². The quantitative estimate of drug-likeness (QED) is 0.683. The van der Waals surface area contributed by atoms with Crippen molar-refractivity contribution in [1.29, 1.82) is 0 Å². The van der Waals surface area contributed by atoms with Crippen LogP contribution in [-0.2, 0) is 9.59 Å². The average molecular weight is 195 g/mol. The van der Waals surface area contributed by atoms with Gasteiger partial charge >= 0.3 is 0 Å². The number of hydrogen-bond donors (Lipinski definition) is 1. The zero-order chi connectivity index (χ0) is 10.6. The van der Waals surface area contributed by atoms with Gasteiger partial charge in [-0.25, -0.2) is 0 Å². The molecule has 1 aliphatic rings. The van der Waals surface area contributed by atoms with E-state index in [2.05, 4.69) is 11.9 Å². The van der Waals surface area contributed by atoms with Gasteiger partial charge in [-0.3, -0.25) is 14.9 Å². The summed E-state index contributed by atoms with van der Waals surface area (Å²) in [5.74, 6) is -0.440. The highest BCUT2D eigenvalue weighted by atomic mass is 16.2. The van der Waals surface area contributed by atoms with E-state index in [1.807, 2.05) is 0 Å². The van der Waals surface area contributed by atoms with Gasteiger partial charge in [-0.2, -0.15) is 0 Å². The molecular formula is C11H17NO2. The molecule has 0 atom stereocenters. The topological polar surface area (TPSA) is 46.2 Å². The Morgan fingerprint density at radius 1 is 1.21 bits per heavy atom. The average Bonchev–Trinajstić information content (AvgIpc) is 2.19. The highest BCUT2D eigenvalue weighted by Gasteiger charge is 2.22. The van der Waals surface area contributed by atoms with Crippen LogP contribution in [0, 0.1) is 5.92 Å². The van der Waals surface area contributed by atoms with Crippen LogP contribution in [-0.4, -0.2) is 11.8 Å². The second-order valence-corrected chi connectivity index (χ2v) is 3.93. The first kappa shape index (κ1) is 11.0. The maximum Gasteiger partial charge on any atom is 0.252 e. The smallest absolute Gasteiger partial charge is 0.252 e. The number of amides is 2. The van der Waals surface area contributed by atoms with E-state index in [0.717, 1.165) is 25.7 Å². The first-order chi connectivity index (χ1) is 6.61. The molecule has 1 rings (SSSR count). The summed E-state index contributed by atoms with van der Waals surface area (Å²) < 4.78 is 0. The molecule has 0 spiro atoms. The maximum atomic E-state index is 11.5. The van der Waals surface area contributed by atoms with Crippen molar-refractivity contribution in [3.63, 3.8) is 0 Å². The molecular weight excluding hydrogens is 178 g/mol. The number of rotatable bonds is 2. The van der Waals surface area contributed by atoms with Crippen molar-refractivity contribution >= 4 is 11.8 Å². The third-order valence-corrected chi connectivity index (χ3v) is 2.60. The van der Waals surface area contributed by atoms with Crippen LogP contribution in [0.3, 0.4) is 0 Å². The van der Waals surface area contributed by atoms with Crippen molar-refractivity contribution < 1.29 is 9.59 Å². The summed E-state index contributed by atoms with van der Waals surface area (Å²) in [6.07, 6.45) is 5.22. The van der Waals surface area contributed by atoms with Crippen LogP contribution in [0.1, 0.15) is 39.0 Å². The molecule has 0 aromatic heterocycles. The lowest BCUT2D eigenvalue weighted by Gasteiger charge is -2.20. The zero-order valence-corrected chi connectivity index (χ0v) is 8.64. The zero-order valence-electron chi connectivity index (χ0n) is 8.64. The fourth-order valence-corrected chi connectivity index (χ4v) is 1.69. The van der Waals surface area contributed by atoms with E-state index in [9.17, 15) is 9.59 Å². The normalized spacial score (nSPS) is 17.5. The van der Waals surface area contributed by atoms with Crippen molar-refractivity contribution in [2.24, 2.45) is 5.92 Å². The van der Waals surface area contributed by atoms with Gasteiger partial charge in [-0.15, -0.1) is 0 Å². The summed E-state index contributed by atoms with van der Waals surface area (Å²) in [6.45, 7) is 5.09. The Bertz CT molecular complexity index is 252. The van der Waals surface area contributed by atoms with Crippen molar-refractivity contribution in [1.82, 2.24) is 5.32 Å². The lowest BCUT2D eigenvalue weighted by Crippen LogP contribution is -2.36. The molecule has 3 heteroatoms. The Morgan fingerprint density at radius 3 is 2.29 bits per heavy atom. The molecule has 1 fully saturated rings. The van der Waals surface area contributed by atoms with Gasteiger partial charge in [-0.1, -0.05) is 25.8 Å². The molecule has 0 heterocycles. The number of hydrogen-bond acceptors (Lipinski definition) is 2. The van der Waals surface area contributed by atoms with Gasteiger partial charge in [0.1, 0.15) is 0 Å². The van der Waals surface area contributed by atoms with Crippen molar-refractivity contribution in [3.8, 4) is 0 Å². The van der Waals surface area contributed by atoms with Gasteiger partial charge < -0.3 is 0 Å². The molecule has 0 bridgehead atoms. The number of carbonyl (C=O) groups excluding carboxylic acids is 2. The molecule has 0 saturated heterocycles. The summed E-state index contributed by atoms with van der Waals surface area (Å²) >= 11 is 0. The fraction of sp³-hybridized carbons (Fsp3) is 0.636. The van der Waals surface area contributed by atoms with E-state index in [-0.39, 0.29) is 17.7 Å². The lowest BCUT2D eigenvalue weighted by molar-refractivity contribution is -0.131. The summed E-state index contributed by atoms with van der Waals surface area (Å²) in [5.41, 5.74) is 0.383. The molecule has 1 aliphatic carbocycles. The Balaban J connectivity index is 2.40. The Morgan fingerprint density at radius 2 is 1.79 bits per heavy atom. The van der Waals surface area contributed by atoms with E-state index in [0.29, 0.717) is 5.57 Å². The standard InChI is InChI=1S/C11H17NO2/c1-8(2)10(13)12-11(14)9-6-4-3-5-7-9/h9H,1,3-7H2,2H3,(H,12,13,14). The predicted octanol–water partition coefficient (Wildman–Crippen LogP) is 1.79. The van der Waals surface area contributed by atoms with Crippen LogP contribution in [0.25, 0.3) is 0 Å². The molecule has 1 saturated carbocycles. The minimum absolute atomic E-state index is 0.0343. The molecule has 0 aromatic rings. The van der Waals surface area contributed by atoms with E-state index >= 15 is 0 Å². The molecule has 78 valence electrons. The van der Waals surface area contributed by atoms with Crippen LogP contribution < -0.4 is 5.32 Å². The molecule has 0 radical (unpaired) electrons. The number of nitrogens with one attached hydrogen (secondary N) is 1. The molecule has 0 aromatic carbocycles. The lowest BCUT2D eigenvalue weighted by atomic mass is 9.88. The summed E-state index contributed by atoms with van der Waals surface area (Å²) in [7, 11) is 0. The maximum absolute atomic E-state index is 11.5. The Kier molecular flexibility index (Phi) is 3.86. The van der Waals surface area contributed by atoms with E-state index in [1.165, 1.54) is 6.42 Å². The first-order valence-electron chi connectivity index (χ1n) is 5.12. The van der Waals surface area contributed by atoms with Crippen LogP contribution in [0.4, 0.5) is 0 Å². The third kappa shape index (κ3) is 2.98. The molecule has 1 N–H and O–H groups in total. The molecule has 0 unspecified atom stereocenters. The van der Waals surface area contributed by atoms with Crippen molar-refractivity contribution in [2.75, 3.05) is 0 Å². The van der Waals surface area contributed by atoms with Crippen molar-refractivity contribution in [2.45, 2.75) is 39.0 Å². The summed E-state index contributed by atoms with van der Waals surface area (Å²) in [6, 6.07) is 0. The van der Waals surface area contributed by atoms with Gasteiger partial charge in [0.05, 0.1) is 0 Å². The largest absolute Gasteiger partial charge is 0.292 e. The predicted molar refractivity (Wildman–Crippen MR) is 54.5 cm³/mol. The second kappa shape index (κ2) is 4.94. The van der Waals surface area contributed by atoms with Gasteiger partial charge in [-0.05, 0) is 19.8 Å². The number of carbonyl (C=O) groups is 2. The molecule has 0 aliphatic heterocycles. The van der Waals surface area contributed by atoms with Gasteiger partial charge in [0.25, 0.3) is 5.91 Å². The number of imide groups is 1. The molecule has 3 nitrogen and oxygen atoms in total.